The minimum Gasteiger partial charge on any atom is -0.302 e. The van der Waals surface area contributed by atoms with E-state index < -0.39 is 0 Å². The topological polar surface area (TPSA) is 42.0 Å². The van der Waals surface area contributed by atoms with E-state index in [0.29, 0.717) is 27.5 Å². The van der Waals surface area contributed by atoms with Crippen LogP contribution in [0.15, 0.2) is 24.4 Å². The zero-order valence-electron chi connectivity index (χ0n) is 11.4. The van der Waals surface area contributed by atoms with Gasteiger partial charge in [-0.2, -0.15) is 0 Å². The molecule has 110 valence electrons. The van der Waals surface area contributed by atoms with Crippen molar-refractivity contribution in [3.8, 4) is 0 Å². The molecule has 1 N–H and O–H groups in total. The van der Waals surface area contributed by atoms with E-state index in [9.17, 15) is 4.79 Å². The number of hydrogen-bond acceptors (Lipinski definition) is 3. The average Bonchev–Trinajstić information content (AvgIpc) is 3.01. The molecule has 2 unspecified atom stereocenters. The number of carbonyl (C=O) groups is 1. The molecular formula is C15H14Cl2N2OS. The molecule has 1 aliphatic carbocycles. The van der Waals surface area contributed by atoms with E-state index in [1.54, 1.807) is 18.3 Å². The van der Waals surface area contributed by atoms with Gasteiger partial charge >= 0.3 is 0 Å². The Morgan fingerprint density at radius 2 is 2.24 bits per heavy atom. The Morgan fingerprint density at radius 1 is 1.48 bits per heavy atom. The Balaban J connectivity index is 1.67. The summed E-state index contributed by atoms with van der Waals surface area (Å²) in [4.78, 5) is 17.2. The SMILES string of the molecule is CC1CC1C(=O)Nc1ncc(Cc2cc(Cl)ccc2Cl)s1. The van der Waals surface area contributed by atoms with Crippen molar-refractivity contribution >= 4 is 45.6 Å². The standard InChI is InChI=1S/C15H14Cl2N2OS/c1-8-4-12(8)14(20)19-15-18-7-11(21-15)6-9-5-10(16)2-3-13(9)17/h2-3,5,7-8,12H,4,6H2,1H3,(H,18,19,20). The quantitative estimate of drug-likeness (QED) is 0.881. The summed E-state index contributed by atoms with van der Waals surface area (Å²) in [5, 5.41) is 4.87. The van der Waals surface area contributed by atoms with E-state index in [4.69, 9.17) is 23.2 Å². The lowest BCUT2D eigenvalue weighted by atomic mass is 10.1. The van der Waals surface area contributed by atoms with Crippen LogP contribution in [0.5, 0.6) is 0 Å². The van der Waals surface area contributed by atoms with E-state index in [1.807, 2.05) is 6.07 Å². The summed E-state index contributed by atoms with van der Waals surface area (Å²) in [5.41, 5.74) is 0.960. The van der Waals surface area contributed by atoms with Crippen molar-refractivity contribution in [2.75, 3.05) is 5.32 Å². The number of carbonyl (C=O) groups excluding carboxylic acids is 1. The maximum Gasteiger partial charge on any atom is 0.229 e. The van der Waals surface area contributed by atoms with Crippen molar-refractivity contribution in [1.82, 2.24) is 4.98 Å². The van der Waals surface area contributed by atoms with E-state index in [0.717, 1.165) is 16.9 Å². The van der Waals surface area contributed by atoms with Crippen LogP contribution in [0.25, 0.3) is 0 Å². The summed E-state index contributed by atoms with van der Waals surface area (Å²) in [5.74, 6) is 0.721. The summed E-state index contributed by atoms with van der Waals surface area (Å²) in [6, 6.07) is 5.41. The van der Waals surface area contributed by atoms with Crippen molar-refractivity contribution < 1.29 is 4.79 Å². The highest BCUT2D eigenvalue weighted by atomic mass is 35.5. The Morgan fingerprint density at radius 3 is 2.95 bits per heavy atom. The number of hydrogen-bond donors (Lipinski definition) is 1. The van der Waals surface area contributed by atoms with Crippen molar-refractivity contribution in [2.24, 2.45) is 11.8 Å². The first-order chi connectivity index (χ1) is 10.0. The van der Waals surface area contributed by atoms with Crippen molar-refractivity contribution in [2.45, 2.75) is 19.8 Å². The molecule has 0 spiro atoms. The van der Waals surface area contributed by atoms with Crippen LogP contribution in [0.2, 0.25) is 10.0 Å². The Labute approximate surface area is 137 Å². The van der Waals surface area contributed by atoms with Crippen molar-refractivity contribution in [3.63, 3.8) is 0 Å². The van der Waals surface area contributed by atoms with E-state index in [2.05, 4.69) is 17.2 Å². The molecule has 1 aromatic carbocycles. The van der Waals surface area contributed by atoms with Crippen molar-refractivity contribution in [1.29, 1.82) is 0 Å². The lowest BCUT2D eigenvalue weighted by molar-refractivity contribution is -0.117. The van der Waals surface area contributed by atoms with Crippen LogP contribution in [-0.4, -0.2) is 10.9 Å². The Bertz CT molecular complexity index is 686. The summed E-state index contributed by atoms with van der Waals surface area (Å²) < 4.78 is 0. The van der Waals surface area contributed by atoms with Crippen molar-refractivity contribution in [3.05, 3.63) is 44.9 Å². The molecule has 1 aliphatic rings. The first-order valence-electron chi connectivity index (χ1n) is 6.72. The number of nitrogens with zero attached hydrogens (tertiary/aromatic N) is 1. The van der Waals surface area contributed by atoms with Crippen LogP contribution in [-0.2, 0) is 11.2 Å². The average molecular weight is 341 g/mol. The first-order valence-corrected chi connectivity index (χ1v) is 8.29. The second kappa shape index (κ2) is 5.95. The molecule has 0 aliphatic heterocycles. The number of anilines is 1. The van der Waals surface area contributed by atoms with Crippen LogP contribution in [0.3, 0.4) is 0 Å². The fourth-order valence-corrected chi connectivity index (χ4v) is 3.42. The fraction of sp³-hybridized carbons (Fsp3) is 0.333. The summed E-state index contributed by atoms with van der Waals surface area (Å²) >= 11 is 13.6. The molecule has 6 heteroatoms. The van der Waals surface area contributed by atoms with E-state index >= 15 is 0 Å². The fourth-order valence-electron chi connectivity index (χ4n) is 2.20. The second-order valence-electron chi connectivity index (χ2n) is 5.35. The van der Waals surface area contributed by atoms with Gasteiger partial charge in [0.25, 0.3) is 0 Å². The maximum absolute atomic E-state index is 11.9. The van der Waals surface area contributed by atoms with Gasteiger partial charge in [0, 0.05) is 33.5 Å². The van der Waals surface area contributed by atoms with Crippen LogP contribution >= 0.6 is 34.5 Å². The molecule has 3 rings (SSSR count). The van der Waals surface area contributed by atoms with Gasteiger partial charge in [0.2, 0.25) is 5.91 Å². The molecule has 1 fully saturated rings. The lowest BCUT2D eigenvalue weighted by Crippen LogP contribution is -2.13. The highest BCUT2D eigenvalue weighted by Crippen LogP contribution is 2.38. The molecule has 0 saturated heterocycles. The molecule has 0 bridgehead atoms. The molecule has 21 heavy (non-hydrogen) atoms. The number of halogens is 2. The molecule has 0 radical (unpaired) electrons. The largest absolute Gasteiger partial charge is 0.302 e. The zero-order valence-corrected chi connectivity index (χ0v) is 13.7. The second-order valence-corrected chi connectivity index (χ2v) is 7.31. The number of thiazole rings is 1. The molecule has 3 nitrogen and oxygen atoms in total. The van der Waals surface area contributed by atoms with Gasteiger partial charge in [0.05, 0.1) is 0 Å². The van der Waals surface area contributed by atoms with Gasteiger partial charge in [0.1, 0.15) is 0 Å². The minimum absolute atomic E-state index is 0.0733. The van der Waals surface area contributed by atoms with Gasteiger partial charge in [-0.15, -0.1) is 11.3 Å². The predicted octanol–water partition coefficient (Wildman–Crippen LogP) is 4.64. The molecule has 1 heterocycles. The molecule has 1 amide bonds. The predicted molar refractivity (Wildman–Crippen MR) is 87.3 cm³/mol. The normalized spacial score (nSPS) is 20.3. The number of aromatic nitrogens is 1. The van der Waals surface area contributed by atoms with E-state index in [-0.39, 0.29) is 11.8 Å². The zero-order chi connectivity index (χ0) is 15.0. The monoisotopic (exact) mass is 340 g/mol. The highest BCUT2D eigenvalue weighted by Gasteiger charge is 2.39. The van der Waals surface area contributed by atoms with Crippen LogP contribution in [0.1, 0.15) is 23.8 Å². The maximum atomic E-state index is 11.9. The lowest BCUT2D eigenvalue weighted by Gasteiger charge is -2.02. The van der Waals surface area contributed by atoms with Crippen LogP contribution in [0, 0.1) is 11.8 Å². The number of nitrogens with one attached hydrogen (secondary N) is 1. The summed E-state index contributed by atoms with van der Waals surface area (Å²) in [6.07, 6.45) is 3.41. The molecular weight excluding hydrogens is 327 g/mol. The number of amides is 1. The van der Waals surface area contributed by atoms with Gasteiger partial charge < -0.3 is 5.32 Å². The van der Waals surface area contributed by atoms with Gasteiger partial charge in [0.15, 0.2) is 5.13 Å². The molecule has 2 aromatic rings. The third-order valence-electron chi connectivity index (χ3n) is 3.60. The third kappa shape index (κ3) is 3.57. The first kappa shape index (κ1) is 14.8. The van der Waals surface area contributed by atoms with Crippen LogP contribution in [0.4, 0.5) is 5.13 Å². The van der Waals surface area contributed by atoms with Gasteiger partial charge in [-0.05, 0) is 36.1 Å². The highest BCUT2D eigenvalue weighted by molar-refractivity contribution is 7.15. The van der Waals surface area contributed by atoms with Gasteiger partial charge in [-0.25, -0.2) is 4.98 Å². The molecule has 1 saturated carbocycles. The van der Waals surface area contributed by atoms with Gasteiger partial charge in [-0.3, -0.25) is 4.79 Å². The molecule has 1 aromatic heterocycles. The number of benzene rings is 1. The number of rotatable bonds is 4. The smallest absolute Gasteiger partial charge is 0.229 e. The van der Waals surface area contributed by atoms with Crippen LogP contribution < -0.4 is 5.32 Å². The van der Waals surface area contributed by atoms with E-state index in [1.165, 1.54) is 11.3 Å². The summed E-state index contributed by atoms with van der Waals surface area (Å²) in [7, 11) is 0. The minimum atomic E-state index is 0.0733. The molecule has 2 atom stereocenters. The Hall–Kier alpha value is -1.10. The third-order valence-corrected chi connectivity index (χ3v) is 5.12. The summed E-state index contributed by atoms with van der Waals surface area (Å²) in [6.45, 7) is 2.08. The Kier molecular flexibility index (Phi) is 4.20. The van der Waals surface area contributed by atoms with Gasteiger partial charge in [-0.1, -0.05) is 30.1 Å².